The predicted octanol–water partition coefficient (Wildman–Crippen LogP) is 16.0. The number of rotatable bonds is 6. The number of pyridine rings is 1. The van der Waals surface area contributed by atoms with E-state index in [1.54, 1.807) is 0 Å². The fourth-order valence-electron chi connectivity index (χ4n) is 9.44. The summed E-state index contributed by atoms with van der Waals surface area (Å²) in [6.45, 7) is 22.6. The molecule has 0 aliphatic carbocycles. The summed E-state index contributed by atoms with van der Waals surface area (Å²) in [5.74, 6) is 2.03. The van der Waals surface area contributed by atoms with Gasteiger partial charge < -0.3 is 23.7 Å². The van der Waals surface area contributed by atoms with Crippen LogP contribution in [-0.4, -0.2) is 14.1 Å². The van der Waals surface area contributed by atoms with Crippen molar-refractivity contribution in [2.24, 2.45) is 0 Å². The van der Waals surface area contributed by atoms with E-state index in [1.165, 1.54) is 38.5 Å². The largest absolute Gasteiger partial charge is 0.509 e. The molecule has 0 spiro atoms. The van der Waals surface area contributed by atoms with Gasteiger partial charge in [-0.05, 0) is 105 Å². The standard InChI is InChI=1S/C60H54N5O.Pt/c1-58(2,3)39-29-30-61-57(34-39)65-53-28-25-43(64-51-21-12-10-19-47(51)48-20-11-13-22-52(48)64)36-50(53)49-27-26-46(37-56(49)65)66-45-18-16-17-42(35-45)62-38-63(55-24-15-14-23-54(55)62)44-32-40(59(4,5)6)31-41(33-44)60(7,8)9;/h10-34,36,38H,1-9H3;/q-3;. The molecular weight excluding hydrogens is 1000 g/mol. The first-order valence-electron chi connectivity index (χ1n) is 22.9. The van der Waals surface area contributed by atoms with Gasteiger partial charge in [0.15, 0.2) is 0 Å². The molecule has 0 saturated carbocycles. The maximum atomic E-state index is 6.73. The van der Waals surface area contributed by atoms with Gasteiger partial charge in [-0.2, -0.15) is 12.1 Å². The molecule has 4 heterocycles. The van der Waals surface area contributed by atoms with Crippen molar-refractivity contribution in [3.63, 3.8) is 0 Å². The second-order valence-electron chi connectivity index (χ2n) is 20.8. The minimum absolute atomic E-state index is 0. The van der Waals surface area contributed by atoms with Gasteiger partial charge in [-0.3, -0.25) is 0 Å². The molecule has 6 nitrogen and oxygen atoms in total. The average molecular weight is 1060 g/mol. The second-order valence-corrected chi connectivity index (χ2v) is 20.8. The van der Waals surface area contributed by atoms with E-state index in [9.17, 15) is 0 Å². The number of aromatic nitrogens is 3. The number of fused-ring (bicyclic) bond motifs is 7. The molecule has 0 radical (unpaired) electrons. The molecule has 0 atom stereocenters. The van der Waals surface area contributed by atoms with Crippen LogP contribution in [0.2, 0.25) is 0 Å². The maximum Gasteiger partial charge on any atom is 0.135 e. The molecule has 10 aromatic rings. The molecule has 7 heteroatoms. The number of hydrogen-bond donors (Lipinski definition) is 0. The van der Waals surface area contributed by atoms with Crippen LogP contribution in [0.15, 0.2) is 158 Å². The van der Waals surface area contributed by atoms with Gasteiger partial charge in [0.25, 0.3) is 0 Å². The van der Waals surface area contributed by atoms with Crippen LogP contribution in [0, 0.1) is 18.8 Å². The number of ether oxygens (including phenoxy) is 1. The van der Waals surface area contributed by atoms with Crippen LogP contribution in [0.5, 0.6) is 11.5 Å². The normalized spacial score (nSPS) is 13.2. The summed E-state index contributed by atoms with van der Waals surface area (Å²) in [5, 5.41) is 4.65. The average Bonchev–Trinajstić information content (AvgIpc) is 3.96. The molecule has 0 bridgehead atoms. The fraction of sp³-hybridized carbons (Fsp3) is 0.200. The Labute approximate surface area is 408 Å². The van der Waals surface area contributed by atoms with E-state index in [2.05, 4.69) is 234 Å². The number of hydrogen-bond acceptors (Lipinski definition) is 4. The Kier molecular flexibility index (Phi) is 10.8. The number of para-hydroxylation sites is 4. The Balaban J connectivity index is 0.00000525. The first kappa shape index (κ1) is 44.2. The van der Waals surface area contributed by atoms with Crippen LogP contribution in [0.4, 0.5) is 22.7 Å². The number of benzene rings is 7. The Hall–Kier alpha value is -6.62. The summed E-state index contributed by atoms with van der Waals surface area (Å²) in [5.41, 5.74) is 13.3. The van der Waals surface area contributed by atoms with Crippen molar-refractivity contribution >= 4 is 66.4 Å². The van der Waals surface area contributed by atoms with Crippen molar-refractivity contribution in [2.45, 2.75) is 78.6 Å². The number of nitrogens with zero attached hydrogens (tertiary/aromatic N) is 5. The van der Waals surface area contributed by atoms with Crippen molar-refractivity contribution in [3.05, 3.63) is 193 Å². The van der Waals surface area contributed by atoms with E-state index in [-0.39, 0.29) is 37.3 Å². The predicted molar refractivity (Wildman–Crippen MR) is 275 cm³/mol. The topological polar surface area (TPSA) is 38.5 Å². The first-order valence-corrected chi connectivity index (χ1v) is 22.9. The van der Waals surface area contributed by atoms with Crippen LogP contribution in [0.3, 0.4) is 0 Å². The van der Waals surface area contributed by atoms with Gasteiger partial charge in [0.2, 0.25) is 0 Å². The van der Waals surface area contributed by atoms with E-state index in [0.717, 1.165) is 56.1 Å². The molecule has 0 unspecified atom stereocenters. The van der Waals surface area contributed by atoms with Gasteiger partial charge in [-0.25, -0.2) is 4.98 Å². The summed E-state index contributed by atoms with van der Waals surface area (Å²) in [7, 11) is 0. The quantitative estimate of drug-likeness (QED) is 0.156. The zero-order valence-corrected chi connectivity index (χ0v) is 41.8. The van der Waals surface area contributed by atoms with Crippen molar-refractivity contribution in [1.29, 1.82) is 0 Å². The molecule has 7 aromatic carbocycles. The van der Waals surface area contributed by atoms with Crippen molar-refractivity contribution in [3.8, 4) is 23.0 Å². The molecule has 67 heavy (non-hydrogen) atoms. The molecule has 0 saturated heterocycles. The van der Waals surface area contributed by atoms with Crippen LogP contribution in [0.25, 0.3) is 55.1 Å². The van der Waals surface area contributed by atoms with Crippen molar-refractivity contribution < 1.29 is 25.8 Å². The summed E-state index contributed by atoms with van der Waals surface area (Å²) in [4.78, 5) is 9.48. The molecule has 0 N–H and O–H groups in total. The van der Waals surface area contributed by atoms with Gasteiger partial charge >= 0.3 is 0 Å². The molecule has 338 valence electrons. The smallest absolute Gasteiger partial charge is 0.135 e. The van der Waals surface area contributed by atoms with Gasteiger partial charge in [0.05, 0.1) is 11.0 Å². The van der Waals surface area contributed by atoms with Crippen LogP contribution >= 0.6 is 0 Å². The fourth-order valence-corrected chi connectivity index (χ4v) is 9.44. The summed E-state index contributed by atoms with van der Waals surface area (Å²) >= 11 is 0. The molecular formula is C60H54N5OPt-3. The van der Waals surface area contributed by atoms with E-state index < -0.39 is 0 Å². The minimum atomic E-state index is -0.0604. The Morgan fingerprint density at radius 2 is 1.06 bits per heavy atom. The summed E-state index contributed by atoms with van der Waals surface area (Å²) in [6.07, 6.45) is 1.92. The Bertz CT molecular complexity index is 3440. The zero-order chi connectivity index (χ0) is 45.7. The van der Waals surface area contributed by atoms with Gasteiger partial charge in [0, 0.05) is 77.8 Å². The van der Waals surface area contributed by atoms with E-state index in [1.807, 2.05) is 24.4 Å². The first-order chi connectivity index (χ1) is 31.6. The van der Waals surface area contributed by atoms with Crippen LogP contribution < -0.4 is 14.5 Å². The third-order valence-electron chi connectivity index (χ3n) is 13.1. The van der Waals surface area contributed by atoms with E-state index in [4.69, 9.17) is 9.72 Å². The van der Waals surface area contributed by atoms with Gasteiger partial charge in [-0.15, -0.1) is 48.1 Å². The summed E-state index contributed by atoms with van der Waals surface area (Å²) < 4.78 is 11.3. The molecule has 0 amide bonds. The molecule has 1 aliphatic rings. The molecule has 3 aromatic heterocycles. The van der Waals surface area contributed by atoms with Gasteiger partial charge in [0.1, 0.15) is 5.82 Å². The van der Waals surface area contributed by atoms with Crippen molar-refractivity contribution in [2.75, 3.05) is 9.80 Å². The second kappa shape index (κ2) is 16.3. The van der Waals surface area contributed by atoms with E-state index >= 15 is 0 Å². The van der Waals surface area contributed by atoms with E-state index in [0.29, 0.717) is 11.5 Å². The molecule has 0 fully saturated rings. The Morgan fingerprint density at radius 3 is 1.72 bits per heavy atom. The van der Waals surface area contributed by atoms with Crippen LogP contribution in [-0.2, 0) is 37.3 Å². The monoisotopic (exact) mass is 1060 g/mol. The summed E-state index contributed by atoms with van der Waals surface area (Å²) in [6, 6.07) is 61.6. The maximum absolute atomic E-state index is 6.73. The third-order valence-corrected chi connectivity index (χ3v) is 13.1. The van der Waals surface area contributed by atoms with Crippen LogP contribution in [0.1, 0.15) is 79.0 Å². The molecule has 11 rings (SSSR count). The van der Waals surface area contributed by atoms with Gasteiger partial charge in [-0.1, -0.05) is 122 Å². The van der Waals surface area contributed by atoms with Crippen molar-refractivity contribution in [1.82, 2.24) is 14.1 Å². The minimum Gasteiger partial charge on any atom is -0.509 e. The molecule has 1 aliphatic heterocycles. The zero-order valence-electron chi connectivity index (χ0n) is 39.5. The SMILES string of the molecule is CC(C)(C)c1cc(N2[CH-]N(c3[c-]c(Oc4[c-]c5c(cc4)c4cc(-n6c7ccccc7c7ccccc76)ccc4n5-c4cc(C(C)(C)C)ccn4)ccc3)c3ccccc32)cc(C(C)(C)C)c1.[Pt]. The third kappa shape index (κ3) is 7.79. The Morgan fingerprint density at radius 1 is 0.463 bits per heavy atom. The number of anilines is 4.